The highest BCUT2D eigenvalue weighted by molar-refractivity contribution is 7.22. The van der Waals surface area contributed by atoms with Gasteiger partial charge in [0.05, 0.1) is 17.3 Å². The van der Waals surface area contributed by atoms with E-state index in [4.69, 9.17) is 9.47 Å². The SMILES string of the molecule is COc1ccnc(C(=O)Nc2nc3ccc(Oc4ccccc4F)cc3s2)c1O. The summed E-state index contributed by atoms with van der Waals surface area (Å²) in [5.41, 5.74) is 0.459. The van der Waals surface area contributed by atoms with E-state index in [0.717, 1.165) is 4.70 Å². The average Bonchev–Trinajstić information content (AvgIpc) is 3.11. The fraction of sp³-hybridized carbons (Fsp3) is 0.0500. The topological polar surface area (TPSA) is 93.6 Å². The molecule has 0 aliphatic heterocycles. The number of aromatic hydroxyl groups is 1. The van der Waals surface area contributed by atoms with Crippen molar-refractivity contribution in [1.82, 2.24) is 9.97 Å². The fourth-order valence-corrected chi connectivity index (χ4v) is 3.49. The lowest BCUT2D eigenvalue weighted by Crippen LogP contribution is -2.13. The van der Waals surface area contributed by atoms with Crippen molar-refractivity contribution < 1.29 is 23.8 Å². The van der Waals surface area contributed by atoms with Crippen LogP contribution in [-0.2, 0) is 0 Å². The Morgan fingerprint density at radius 2 is 2.00 bits per heavy atom. The smallest absolute Gasteiger partial charge is 0.280 e. The Kier molecular flexibility index (Phi) is 4.96. The van der Waals surface area contributed by atoms with Gasteiger partial charge >= 0.3 is 0 Å². The Morgan fingerprint density at radius 1 is 1.17 bits per heavy atom. The third-order valence-electron chi connectivity index (χ3n) is 3.97. The number of nitrogens with one attached hydrogen (secondary N) is 1. The molecule has 0 fully saturated rings. The van der Waals surface area contributed by atoms with Crippen molar-refractivity contribution in [1.29, 1.82) is 0 Å². The van der Waals surface area contributed by atoms with Crippen LogP contribution in [0.5, 0.6) is 23.0 Å². The molecule has 2 N–H and O–H groups in total. The summed E-state index contributed by atoms with van der Waals surface area (Å²) in [6.45, 7) is 0. The van der Waals surface area contributed by atoms with E-state index in [1.165, 1.54) is 42.8 Å². The molecule has 0 saturated heterocycles. The number of ether oxygens (including phenoxy) is 2. The highest BCUT2D eigenvalue weighted by atomic mass is 32.1. The second-order valence-corrected chi connectivity index (χ2v) is 6.88. The van der Waals surface area contributed by atoms with Crippen molar-refractivity contribution in [2.24, 2.45) is 0 Å². The third-order valence-corrected chi connectivity index (χ3v) is 4.90. The average molecular weight is 411 g/mol. The number of anilines is 1. The van der Waals surface area contributed by atoms with Crippen LogP contribution in [0.25, 0.3) is 10.2 Å². The number of nitrogens with zero attached hydrogens (tertiary/aromatic N) is 2. The van der Waals surface area contributed by atoms with E-state index in [1.54, 1.807) is 30.3 Å². The first kappa shape index (κ1) is 18.6. The molecular weight excluding hydrogens is 397 g/mol. The Bertz CT molecular complexity index is 1210. The number of fused-ring (bicyclic) bond motifs is 1. The van der Waals surface area contributed by atoms with Gasteiger partial charge in [-0.2, -0.15) is 0 Å². The Balaban J connectivity index is 1.56. The molecule has 2 heterocycles. The third kappa shape index (κ3) is 3.81. The zero-order chi connectivity index (χ0) is 20.4. The molecule has 2 aromatic heterocycles. The molecule has 0 atom stereocenters. The van der Waals surface area contributed by atoms with E-state index in [9.17, 15) is 14.3 Å². The van der Waals surface area contributed by atoms with Crippen LogP contribution in [0.15, 0.2) is 54.7 Å². The molecule has 0 bridgehead atoms. The van der Waals surface area contributed by atoms with E-state index < -0.39 is 11.7 Å². The number of carbonyl (C=O) groups excluding carboxylic acids is 1. The van der Waals surface area contributed by atoms with Gasteiger partial charge in [-0.15, -0.1) is 0 Å². The van der Waals surface area contributed by atoms with E-state index in [0.29, 0.717) is 16.4 Å². The second kappa shape index (κ2) is 7.72. The summed E-state index contributed by atoms with van der Waals surface area (Å²) in [6.07, 6.45) is 1.36. The number of methoxy groups -OCH3 is 1. The van der Waals surface area contributed by atoms with Gasteiger partial charge in [0, 0.05) is 18.3 Å². The largest absolute Gasteiger partial charge is 0.503 e. The standard InChI is InChI=1S/C20H14FN3O4S/c1-27-15-8-9-22-17(18(15)25)19(26)24-20-23-13-7-6-11(10-16(13)29-20)28-14-5-3-2-4-12(14)21/h2-10,25H,1H3,(H,23,24,26). The number of aromatic nitrogens is 2. The zero-order valence-corrected chi connectivity index (χ0v) is 15.9. The minimum absolute atomic E-state index is 0.115. The first-order valence-corrected chi connectivity index (χ1v) is 9.23. The molecule has 4 aromatic rings. The van der Waals surface area contributed by atoms with Crippen LogP contribution in [-0.4, -0.2) is 28.1 Å². The molecule has 9 heteroatoms. The van der Waals surface area contributed by atoms with Gasteiger partial charge in [0.1, 0.15) is 5.75 Å². The number of thiazole rings is 1. The Hall–Kier alpha value is -3.72. The van der Waals surface area contributed by atoms with Crippen LogP contribution in [0.3, 0.4) is 0 Å². The number of amides is 1. The quantitative estimate of drug-likeness (QED) is 0.499. The highest BCUT2D eigenvalue weighted by Gasteiger charge is 2.18. The summed E-state index contributed by atoms with van der Waals surface area (Å²) in [5.74, 6) is -0.738. The summed E-state index contributed by atoms with van der Waals surface area (Å²) >= 11 is 1.21. The summed E-state index contributed by atoms with van der Waals surface area (Å²) in [5, 5.41) is 13.0. The van der Waals surface area contributed by atoms with Gasteiger partial charge in [-0.1, -0.05) is 23.5 Å². The van der Waals surface area contributed by atoms with Crippen LogP contribution in [0, 0.1) is 5.82 Å². The van der Waals surface area contributed by atoms with E-state index >= 15 is 0 Å². The van der Waals surface area contributed by atoms with Crippen molar-refractivity contribution in [3.05, 3.63) is 66.2 Å². The molecule has 0 aliphatic carbocycles. The number of hydrogen-bond acceptors (Lipinski definition) is 7. The van der Waals surface area contributed by atoms with E-state index in [-0.39, 0.29) is 22.9 Å². The van der Waals surface area contributed by atoms with Crippen molar-refractivity contribution >= 4 is 32.6 Å². The molecule has 7 nitrogen and oxygen atoms in total. The van der Waals surface area contributed by atoms with Crippen LogP contribution in [0.2, 0.25) is 0 Å². The Morgan fingerprint density at radius 3 is 2.79 bits per heavy atom. The molecular formula is C20H14FN3O4S. The second-order valence-electron chi connectivity index (χ2n) is 5.85. The molecule has 4 rings (SSSR count). The van der Waals surface area contributed by atoms with Crippen molar-refractivity contribution in [2.75, 3.05) is 12.4 Å². The van der Waals surface area contributed by atoms with Gasteiger partial charge in [0.25, 0.3) is 5.91 Å². The normalized spacial score (nSPS) is 10.7. The lowest BCUT2D eigenvalue weighted by molar-refractivity contribution is 0.101. The molecule has 1 amide bonds. The monoisotopic (exact) mass is 411 g/mol. The maximum absolute atomic E-state index is 13.8. The minimum atomic E-state index is -0.622. The number of para-hydroxylation sites is 1. The summed E-state index contributed by atoms with van der Waals surface area (Å²) in [6, 6.07) is 12.6. The summed E-state index contributed by atoms with van der Waals surface area (Å²) < 4.78 is 25.1. The molecule has 0 radical (unpaired) electrons. The molecule has 0 saturated carbocycles. The maximum Gasteiger partial charge on any atom is 0.280 e. The Labute approximate surface area is 168 Å². The molecule has 2 aromatic carbocycles. The summed E-state index contributed by atoms with van der Waals surface area (Å²) in [4.78, 5) is 20.7. The lowest BCUT2D eigenvalue weighted by Gasteiger charge is -2.06. The van der Waals surface area contributed by atoms with Gasteiger partial charge in [0.15, 0.2) is 33.9 Å². The number of benzene rings is 2. The van der Waals surface area contributed by atoms with Gasteiger partial charge in [0.2, 0.25) is 0 Å². The first-order chi connectivity index (χ1) is 14.0. The van der Waals surface area contributed by atoms with Crippen LogP contribution in [0.1, 0.15) is 10.5 Å². The maximum atomic E-state index is 13.8. The predicted octanol–water partition coefficient (Wildman–Crippen LogP) is 4.59. The van der Waals surface area contributed by atoms with Crippen LogP contribution < -0.4 is 14.8 Å². The van der Waals surface area contributed by atoms with Crippen molar-refractivity contribution in [3.8, 4) is 23.0 Å². The van der Waals surface area contributed by atoms with Crippen molar-refractivity contribution in [2.45, 2.75) is 0 Å². The number of halogens is 1. The van der Waals surface area contributed by atoms with Gasteiger partial charge < -0.3 is 14.6 Å². The molecule has 29 heavy (non-hydrogen) atoms. The van der Waals surface area contributed by atoms with Gasteiger partial charge in [-0.05, 0) is 24.3 Å². The zero-order valence-electron chi connectivity index (χ0n) is 15.0. The van der Waals surface area contributed by atoms with Crippen LogP contribution >= 0.6 is 11.3 Å². The molecule has 0 unspecified atom stereocenters. The number of hydrogen-bond donors (Lipinski definition) is 2. The fourth-order valence-electron chi connectivity index (χ4n) is 2.60. The van der Waals surface area contributed by atoms with Gasteiger partial charge in [-0.3, -0.25) is 10.1 Å². The number of rotatable bonds is 5. The number of pyridine rings is 1. The highest BCUT2D eigenvalue weighted by Crippen LogP contribution is 2.33. The minimum Gasteiger partial charge on any atom is -0.503 e. The van der Waals surface area contributed by atoms with E-state index in [2.05, 4.69) is 15.3 Å². The first-order valence-electron chi connectivity index (χ1n) is 8.41. The van der Waals surface area contributed by atoms with Crippen LogP contribution in [0.4, 0.5) is 9.52 Å². The summed E-state index contributed by atoms with van der Waals surface area (Å²) in [7, 11) is 1.38. The molecule has 0 spiro atoms. The molecule has 146 valence electrons. The van der Waals surface area contributed by atoms with Crippen molar-refractivity contribution in [3.63, 3.8) is 0 Å². The number of carbonyl (C=O) groups is 1. The molecule has 0 aliphatic rings. The lowest BCUT2D eigenvalue weighted by atomic mass is 10.3. The van der Waals surface area contributed by atoms with Gasteiger partial charge in [-0.25, -0.2) is 14.4 Å². The van der Waals surface area contributed by atoms with E-state index in [1.807, 2.05) is 0 Å². The predicted molar refractivity (Wildman–Crippen MR) is 107 cm³/mol.